The summed E-state index contributed by atoms with van der Waals surface area (Å²) in [7, 11) is 1.39. The Kier molecular flexibility index (Phi) is 2.23. The lowest BCUT2D eigenvalue weighted by atomic mass is 9.61. The number of carbonyl (C=O) groups excluding carboxylic acids is 2. The molecule has 2 N–H and O–H groups in total. The van der Waals surface area contributed by atoms with Gasteiger partial charge in [-0.2, -0.15) is 0 Å². The molecule has 0 heterocycles. The summed E-state index contributed by atoms with van der Waals surface area (Å²) in [5.41, 5.74) is 4.54. The third kappa shape index (κ3) is 1.08. The molecule has 0 saturated heterocycles. The summed E-state index contributed by atoms with van der Waals surface area (Å²) in [6, 6.07) is 0. The van der Waals surface area contributed by atoms with Gasteiger partial charge >= 0.3 is 5.97 Å². The largest absolute Gasteiger partial charge is 0.469 e. The minimum absolute atomic E-state index is 0.246. The van der Waals surface area contributed by atoms with Crippen molar-refractivity contribution >= 4 is 11.9 Å². The van der Waals surface area contributed by atoms with Gasteiger partial charge in [0.1, 0.15) is 0 Å². The van der Waals surface area contributed by atoms with Crippen LogP contribution >= 0.6 is 0 Å². The first kappa shape index (κ1) is 12.1. The first-order valence-electron chi connectivity index (χ1n) is 5.83. The summed E-state index contributed by atoms with van der Waals surface area (Å²) >= 11 is 0. The monoisotopic (exact) mass is 237 g/mol. The number of hydrogen-bond acceptors (Lipinski definition) is 3. The molecular formula is C13H19NO3. The van der Waals surface area contributed by atoms with E-state index in [4.69, 9.17) is 10.5 Å². The quantitative estimate of drug-likeness (QED) is 0.583. The number of esters is 1. The number of primary amides is 1. The Balaban J connectivity index is 2.57. The molecule has 4 nitrogen and oxygen atoms in total. The number of fused-ring (bicyclic) bond motifs is 2. The maximum absolute atomic E-state index is 12.1. The van der Waals surface area contributed by atoms with Crippen molar-refractivity contribution in [2.24, 2.45) is 22.0 Å². The fourth-order valence-electron chi connectivity index (χ4n) is 3.78. The topological polar surface area (TPSA) is 69.4 Å². The van der Waals surface area contributed by atoms with Crippen LogP contribution < -0.4 is 5.73 Å². The number of carbonyl (C=O) groups is 2. The van der Waals surface area contributed by atoms with Crippen LogP contribution in [-0.2, 0) is 14.3 Å². The molecule has 94 valence electrons. The van der Waals surface area contributed by atoms with Crippen LogP contribution in [-0.4, -0.2) is 19.0 Å². The normalized spacial score (nSPS) is 38.2. The lowest BCUT2D eigenvalue weighted by molar-refractivity contribution is -0.157. The Hall–Kier alpha value is -1.32. The summed E-state index contributed by atoms with van der Waals surface area (Å²) < 4.78 is 4.93. The summed E-state index contributed by atoms with van der Waals surface area (Å²) in [4.78, 5) is 23.8. The highest BCUT2D eigenvalue weighted by molar-refractivity contribution is 5.91. The Morgan fingerprint density at radius 3 is 2.35 bits per heavy atom. The zero-order valence-electron chi connectivity index (χ0n) is 10.6. The summed E-state index contributed by atoms with van der Waals surface area (Å²) in [6.45, 7) is 7.95. The van der Waals surface area contributed by atoms with Crippen molar-refractivity contribution in [3.8, 4) is 0 Å². The Bertz CT molecular complexity index is 426. The zero-order valence-corrected chi connectivity index (χ0v) is 10.6. The SMILES string of the molecule is C=C1C(C)(C)[C@]2(C(=O)OC)CC[C@]1(C(N)=O)C2. The van der Waals surface area contributed by atoms with E-state index in [-0.39, 0.29) is 11.9 Å². The molecule has 2 aliphatic carbocycles. The van der Waals surface area contributed by atoms with Gasteiger partial charge in [0.05, 0.1) is 17.9 Å². The molecule has 0 spiro atoms. The van der Waals surface area contributed by atoms with Crippen LogP contribution in [0.25, 0.3) is 0 Å². The van der Waals surface area contributed by atoms with Crippen molar-refractivity contribution in [1.82, 2.24) is 0 Å². The van der Waals surface area contributed by atoms with Crippen molar-refractivity contribution in [2.75, 3.05) is 7.11 Å². The Labute approximate surface area is 101 Å². The van der Waals surface area contributed by atoms with E-state index >= 15 is 0 Å². The maximum atomic E-state index is 12.1. The number of ether oxygens (including phenoxy) is 1. The van der Waals surface area contributed by atoms with E-state index in [0.717, 1.165) is 5.57 Å². The lowest BCUT2D eigenvalue weighted by Crippen LogP contribution is -2.43. The van der Waals surface area contributed by atoms with Crippen LogP contribution in [0.15, 0.2) is 12.2 Å². The molecule has 2 bridgehead atoms. The molecule has 2 aliphatic rings. The van der Waals surface area contributed by atoms with Crippen molar-refractivity contribution in [3.05, 3.63) is 12.2 Å². The molecule has 0 unspecified atom stereocenters. The van der Waals surface area contributed by atoms with Gasteiger partial charge in [-0.1, -0.05) is 26.0 Å². The zero-order chi connectivity index (χ0) is 13.1. The fourth-order valence-corrected chi connectivity index (χ4v) is 3.78. The maximum Gasteiger partial charge on any atom is 0.312 e. The first-order valence-corrected chi connectivity index (χ1v) is 5.83. The minimum atomic E-state index is -0.711. The minimum Gasteiger partial charge on any atom is -0.469 e. The average Bonchev–Trinajstić information content (AvgIpc) is 2.75. The highest BCUT2D eigenvalue weighted by Gasteiger charge is 2.71. The highest BCUT2D eigenvalue weighted by Crippen LogP contribution is 2.72. The Morgan fingerprint density at radius 1 is 1.35 bits per heavy atom. The molecule has 0 radical (unpaired) electrons. The van der Waals surface area contributed by atoms with Gasteiger partial charge in [-0.15, -0.1) is 0 Å². The van der Waals surface area contributed by atoms with E-state index in [0.29, 0.717) is 19.3 Å². The van der Waals surface area contributed by atoms with Crippen LogP contribution in [0.5, 0.6) is 0 Å². The van der Waals surface area contributed by atoms with Gasteiger partial charge in [0.25, 0.3) is 0 Å². The fraction of sp³-hybridized carbons (Fsp3) is 0.692. The molecule has 2 atom stereocenters. The van der Waals surface area contributed by atoms with E-state index in [1.807, 2.05) is 13.8 Å². The summed E-state index contributed by atoms with van der Waals surface area (Å²) in [5, 5.41) is 0. The van der Waals surface area contributed by atoms with Crippen molar-refractivity contribution < 1.29 is 14.3 Å². The molecule has 2 fully saturated rings. The number of nitrogens with two attached hydrogens (primary N) is 1. The second kappa shape index (κ2) is 3.12. The van der Waals surface area contributed by atoms with E-state index in [2.05, 4.69) is 6.58 Å². The highest BCUT2D eigenvalue weighted by atomic mass is 16.5. The second-order valence-electron chi connectivity index (χ2n) is 5.80. The van der Waals surface area contributed by atoms with Crippen LogP contribution in [0.4, 0.5) is 0 Å². The van der Waals surface area contributed by atoms with E-state index < -0.39 is 16.2 Å². The number of hydrogen-bond donors (Lipinski definition) is 1. The molecule has 0 aromatic rings. The smallest absolute Gasteiger partial charge is 0.312 e. The molecule has 0 aromatic carbocycles. The third-order valence-corrected chi connectivity index (χ3v) is 5.16. The molecule has 1 amide bonds. The van der Waals surface area contributed by atoms with Gasteiger partial charge in [-0.25, -0.2) is 0 Å². The van der Waals surface area contributed by atoms with Crippen molar-refractivity contribution in [2.45, 2.75) is 33.1 Å². The van der Waals surface area contributed by atoms with Crippen molar-refractivity contribution in [1.29, 1.82) is 0 Å². The van der Waals surface area contributed by atoms with Crippen molar-refractivity contribution in [3.63, 3.8) is 0 Å². The molecule has 0 aliphatic heterocycles. The van der Waals surface area contributed by atoms with Gasteiger partial charge in [0.2, 0.25) is 5.91 Å². The van der Waals surface area contributed by atoms with Gasteiger partial charge in [-0.05, 0) is 19.3 Å². The molecule has 2 saturated carbocycles. The van der Waals surface area contributed by atoms with Crippen LogP contribution in [0.1, 0.15) is 33.1 Å². The average molecular weight is 237 g/mol. The van der Waals surface area contributed by atoms with E-state index in [1.54, 1.807) is 0 Å². The first-order chi connectivity index (χ1) is 7.74. The van der Waals surface area contributed by atoms with Crippen LogP contribution in [0, 0.1) is 16.2 Å². The molecule has 2 rings (SSSR count). The predicted molar refractivity (Wildman–Crippen MR) is 62.8 cm³/mol. The van der Waals surface area contributed by atoms with E-state index in [9.17, 15) is 9.59 Å². The van der Waals surface area contributed by atoms with Crippen LogP contribution in [0.3, 0.4) is 0 Å². The third-order valence-electron chi connectivity index (χ3n) is 5.16. The molecular weight excluding hydrogens is 218 g/mol. The van der Waals surface area contributed by atoms with Gasteiger partial charge in [-0.3, -0.25) is 9.59 Å². The standard InChI is InChI=1S/C13H19NO3/c1-8-11(2,3)13(10(16)17-4)6-5-12(8,7-13)9(14)15/h1,5-7H2,2-4H3,(H2,14,15)/t12-,13+/m0/s1. The lowest BCUT2D eigenvalue weighted by Gasteiger charge is -2.42. The van der Waals surface area contributed by atoms with Gasteiger partial charge < -0.3 is 10.5 Å². The van der Waals surface area contributed by atoms with E-state index in [1.165, 1.54) is 7.11 Å². The Morgan fingerprint density at radius 2 is 1.94 bits per heavy atom. The van der Waals surface area contributed by atoms with Gasteiger partial charge in [0, 0.05) is 5.41 Å². The number of rotatable bonds is 2. The number of methoxy groups -OCH3 is 1. The van der Waals surface area contributed by atoms with Gasteiger partial charge in [0.15, 0.2) is 0 Å². The molecule has 4 heteroatoms. The summed E-state index contributed by atoms with van der Waals surface area (Å²) in [5.74, 6) is -0.608. The predicted octanol–water partition coefficient (Wildman–Crippen LogP) is 1.40. The molecule has 17 heavy (non-hydrogen) atoms. The molecule has 0 aromatic heterocycles. The number of amides is 1. The second-order valence-corrected chi connectivity index (χ2v) is 5.80. The van der Waals surface area contributed by atoms with Crippen LogP contribution in [0.2, 0.25) is 0 Å². The summed E-state index contributed by atoms with van der Waals surface area (Å²) in [6.07, 6.45) is 1.71.